The summed E-state index contributed by atoms with van der Waals surface area (Å²) < 4.78 is 0. The first-order valence-electron chi connectivity index (χ1n) is 8.60. The topological polar surface area (TPSA) is 70.6 Å². The van der Waals surface area contributed by atoms with Crippen molar-refractivity contribution in [3.05, 3.63) is 101 Å². The molecule has 28 heavy (non-hydrogen) atoms. The molecule has 0 fully saturated rings. The van der Waals surface area contributed by atoms with Gasteiger partial charge in [-0.05, 0) is 61.0 Å². The van der Waals surface area contributed by atoms with E-state index in [-0.39, 0.29) is 11.8 Å². The number of benzene rings is 3. The fourth-order valence-electron chi connectivity index (χ4n) is 2.45. The Morgan fingerprint density at radius 3 is 1.96 bits per heavy atom. The summed E-state index contributed by atoms with van der Waals surface area (Å²) in [5, 5.41) is 7.53. The number of anilines is 1. The Kier molecular flexibility index (Phi) is 6.19. The van der Waals surface area contributed by atoms with E-state index in [9.17, 15) is 9.59 Å². The third-order valence-electron chi connectivity index (χ3n) is 4.03. The SMILES string of the molecule is C/C(=N/NC(=O)c1ccc(Cl)cc1)c1ccc(NC(=O)c2ccccc2)cc1. The van der Waals surface area contributed by atoms with Gasteiger partial charge in [-0.15, -0.1) is 0 Å². The van der Waals surface area contributed by atoms with Gasteiger partial charge in [-0.3, -0.25) is 9.59 Å². The smallest absolute Gasteiger partial charge is 0.271 e. The number of hydrogen-bond donors (Lipinski definition) is 2. The second kappa shape index (κ2) is 8.97. The first kappa shape index (κ1) is 19.3. The largest absolute Gasteiger partial charge is 0.322 e. The van der Waals surface area contributed by atoms with Crippen molar-refractivity contribution in [2.45, 2.75) is 6.92 Å². The quantitative estimate of drug-likeness (QED) is 0.487. The lowest BCUT2D eigenvalue weighted by molar-refractivity contribution is 0.0954. The third-order valence-corrected chi connectivity index (χ3v) is 4.28. The predicted molar refractivity (Wildman–Crippen MR) is 112 cm³/mol. The monoisotopic (exact) mass is 391 g/mol. The Morgan fingerprint density at radius 1 is 0.750 bits per heavy atom. The van der Waals surface area contributed by atoms with Crippen LogP contribution in [-0.2, 0) is 0 Å². The van der Waals surface area contributed by atoms with Gasteiger partial charge in [-0.1, -0.05) is 41.9 Å². The van der Waals surface area contributed by atoms with Gasteiger partial charge >= 0.3 is 0 Å². The fraction of sp³-hybridized carbons (Fsp3) is 0.0455. The zero-order valence-corrected chi connectivity index (χ0v) is 15.9. The van der Waals surface area contributed by atoms with Crippen molar-refractivity contribution in [2.24, 2.45) is 5.10 Å². The van der Waals surface area contributed by atoms with Gasteiger partial charge in [0.15, 0.2) is 0 Å². The number of carbonyl (C=O) groups excluding carboxylic acids is 2. The summed E-state index contributed by atoms with van der Waals surface area (Å²) in [7, 11) is 0. The normalized spacial score (nSPS) is 11.0. The van der Waals surface area contributed by atoms with E-state index in [4.69, 9.17) is 11.6 Å². The molecule has 0 aromatic heterocycles. The molecule has 0 aliphatic heterocycles. The summed E-state index contributed by atoms with van der Waals surface area (Å²) in [6, 6.07) is 22.8. The highest BCUT2D eigenvalue weighted by Crippen LogP contribution is 2.13. The maximum Gasteiger partial charge on any atom is 0.271 e. The molecule has 0 radical (unpaired) electrons. The number of nitrogens with one attached hydrogen (secondary N) is 2. The second-order valence-corrected chi connectivity index (χ2v) is 6.48. The van der Waals surface area contributed by atoms with Crippen molar-refractivity contribution in [2.75, 3.05) is 5.32 Å². The minimum atomic E-state index is -0.317. The lowest BCUT2D eigenvalue weighted by Crippen LogP contribution is -2.19. The molecule has 3 aromatic carbocycles. The maximum absolute atomic E-state index is 12.2. The van der Waals surface area contributed by atoms with Crippen LogP contribution < -0.4 is 10.7 Å². The van der Waals surface area contributed by atoms with Crippen LogP contribution in [0.25, 0.3) is 0 Å². The first-order chi connectivity index (χ1) is 13.5. The minimum absolute atomic E-state index is 0.172. The summed E-state index contributed by atoms with van der Waals surface area (Å²) in [5.74, 6) is -0.489. The van der Waals surface area contributed by atoms with Crippen molar-refractivity contribution >= 4 is 34.8 Å². The van der Waals surface area contributed by atoms with Crippen LogP contribution in [-0.4, -0.2) is 17.5 Å². The van der Waals surface area contributed by atoms with Crippen molar-refractivity contribution in [3.8, 4) is 0 Å². The predicted octanol–water partition coefficient (Wildman–Crippen LogP) is 4.75. The second-order valence-electron chi connectivity index (χ2n) is 6.04. The van der Waals surface area contributed by atoms with E-state index in [2.05, 4.69) is 15.8 Å². The molecule has 5 nitrogen and oxygen atoms in total. The number of hydrogen-bond acceptors (Lipinski definition) is 3. The van der Waals surface area contributed by atoms with Gasteiger partial charge in [0, 0.05) is 21.8 Å². The summed E-state index contributed by atoms with van der Waals surface area (Å²) in [6.45, 7) is 1.79. The lowest BCUT2D eigenvalue weighted by Gasteiger charge is -2.07. The van der Waals surface area contributed by atoms with E-state index >= 15 is 0 Å². The van der Waals surface area contributed by atoms with Crippen LogP contribution in [0.4, 0.5) is 5.69 Å². The van der Waals surface area contributed by atoms with Crippen molar-refractivity contribution < 1.29 is 9.59 Å². The average molecular weight is 392 g/mol. The Morgan fingerprint density at radius 2 is 1.32 bits per heavy atom. The van der Waals surface area contributed by atoms with Gasteiger partial charge in [-0.25, -0.2) is 5.43 Å². The third kappa shape index (κ3) is 5.05. The minimum Gasteiger partial charge on any atom is -0.322 e. The highest BCUT2D eigenvalue weighted by molar-refractivity contribution is 6.30. The number of rotatable bonds is 5. The van der Waals surface area contributed by atoms with Crippen molar-refractivity contribution in [3.63, 3.8) is 0 Å². The van der Waals surface area contributed by atoms with E-state index in [0.717, 1.165) is 5.56 Å². The number of amides is 2. The van der Waals surface area contributed by atoms with E-state index in [1.165, 1.54) is 0 Å². The van der Waals surface area contributed by atoms with Crippen LogP contribution in [0.2, 0.25) is 5.02 Å². The molecule has 3 aromatic rings. The molecular weight excluding hydrogens is 374 g/mol. The van der Waals surface area contributed by atoms with E-state index in [0.29, 0.717) is 27.5 Å². The van der Waals surface area contributed by atoms with E-state index < -0.39 is 0 Å². The molecule has 140 valence electrons. The Labute approximate surface area is 168 Å². The molecule has 0 unspecified atom stereocenters. The summed E-state index contributed by atoms with van der Waals surface area (Å²) in [5.41, 5.74) is 5.73. The number of hydrazone groups is 1. The molecule has 0 atom stereocenters. The molecule has 0 heterocycles. The molecule has 0 aliphatic carbocycles. The van der Waals surface area contributed by atoms with Crippen LogP contribution in [0.5, 0.6) is 0 Å². The number of carbonyl (C=O) groups is 2. The summed E-state index contributed by atoms with van der Waals surface area (Å²) in [4.78, 5) is 24.3. The molecule has 0 aliphatic rings. The van der Waals surface area contributed by atoms with Gasteiger partial charge in [0.1, 0.15) is 0 Å². The molecule has 0 saturated heterocycles. The highest BCUT2D eigenvalue weighted by atomic mass is 35.5. The van der Waals surface area contributed by atoms with Crippen LogP contribution in [0.15, 0.2) is 84.0 Å². The van der Waals surface area contributed by atoms with Gasteiger partial charge in [0.2, 0.25) is 0 Å². The van der Waals surface area contributed by atoms with Gasteiger partial charge < -0.3 is 5.32 Å². The molecular formula is C22H18ClN3O2. The Hall–Kier alpha value is -3.44. The van der Waals surface area contributed by atoms with Crippen molar-refractivity contribution in [1.29, 1.82) is 0 Å². The van der Waals surface area contributed by atoms with Crippen LogP contribution in [0, 0.1) is 0 Å². The van der Waals surface area contributed by atoms with Crippen LogP contribution in [0.3, 0.4) is 0 Å². The highest BCUT2D eigenvalue weighted by Gasteiger charge is 2.07. The fourth-order valence-corrected chi connectivity index (χ4v) is 2.58. The van der Waals surface area contributed by atoms with E-state index in [1.54, 1.807) is 55.5 Å². The van der Waals surface area contributed by atoms with Gasteiger partial charge in [-0.2, -0.15) is 5.10 Å². The van der Waals surface area contributed by atoms with Gasteiger partial charge in [0.25, 0.3) is 11.8 Å². The summed E-state index contributed by atoms with van der Waals surface area (Å²) >= 11 is 5.82. The van der Waals surface area contributed by atoms with E-state index in [1.807, 2.05) is 30.3 Å². The molecule has 6 heteroatoms. The standard InChI is InChI=1S/C22H18ClN3O2/c1-15(25-26-22(28)18-7-11-19(23)12-8-18)16-9-13-20(14-10-16)24-21(27)17-5-3-2-4-6-17/h2-14H,1H3,(H,24,27)(H,26,28)/b25-15-. The lowest BCUT2D eigenvalue weighted by atomic mass is 10.1. The van der Waals surface area contributed by atoms with Crippen LogP contribution in [0.1, 0.15) is 33.2 Å². The molecule has 0 spiro atoms. The Balaban J connectivity index is 1.62. The van der Waals surface area contributed by atoms with Crippen molar-refractivity contribution in [1.82, 2.24) is 5.43 Å². The zero-order valence-electron chi connectivity index (χ0n) is 15.1. The molecule has 2 amide bonds. The van der Waals surface area contributed by atoms with Gasteiger partial charge in [0.05, 0.1) is 5.71 Å². The number of halogens is 1. The Bertz CT molecular complexity index is 998. The molecule has 0 bridgehead atoms. The maximum atomic E-state index is 12.2. The zero-order chi connectivity index (χ0) is 19.9. The summed E-state index contributed by atoms with van der Waals surface area (Å²) in [6.07, 6.45) is 0. The average Bonchev–Trinajstić information content (AvgIpc) is 2.73. The molecule has 2 N–H and O–H groups in total. The molecule has 3 rings (SSSR count). The first-order valence-corrected chi connectivity index (χ1v) is 8.98. The number of nitrogens with zero attached hydrogens (tertiary/aromatic N) is 1. The van der Waals surface area contributed by atoms with Crippen LogP contribution >= 0.6 is 11.6 Å². The molecule has 0 saturated carbocycles.